The van der Waals surface area contributed by atoms with Crippen LogP contribution in [0, 0.1) is 0 Å². The van der Waals surface area contributed by atoms with Crippen LogP contribution in [0.2, 0.25) is 0 Å². The summed E-state index contributed by atoms with van der Waals surface area (Å²) in [5.74, 6) is -36.9. The highest BCUT2D eigenvalue weighted by molar-refractivity contribution is 5.10. The first-order valence-corrected chi connectivity index (χ1v) is 8.58. The number of ether oxygens (including phenoxy) is 4. The van der Waals surface area contributed by atoms with E-state index >= 15 is 0 Å². The summed E-state index contributed by atoms with van der Waals surface area (Å²) in [4.78, 5) is 0. The van der Waals surface area contributed by atoms with Gasteiger partial charge >= 0.3 is 35.8 Å². The Bertz CT molecular complexity index is 621. The van der Waals surface area contributed by atoms with Crippen molar-refractivity contribution in [3.63, 3.8) is 0 Å². The summed E-state index contributed by atoms with van der Waals surface area (Å²) in [5, 5.41) is 0. The Hall–Kier alpha value is -1.07. The molecule has 0 aromatic heterocycles. The number of hydrogen-bond acceptors (Lipinski definition) is 4. The molecule has 2 unspecified atom stereocenters. The fourth-order valence-electron chi connectivity index (χ4n) is 2.18. The van der Waals surface area contributed by atoms with Gasteiger partial charge in [0.15, 0.2) is 0 Å². The van der Waals surface area contributed by atoms with E-state index in [-0.39, 0.29) is 12.7 Å². The van der Waals surface area contributed by atoms with E-state index in [0.29, 0.717) is 0 Å². The van der Waals surface area contributed by atoms with E-state index in [4.69, 9.17) is 14.2 Å². The smallest absolute Gasteiger partial charge is 0.378 e. The van der Waals surface area contributed by atoms with Crippen molar-refractivity contribution in [2.45, 2.75) is 74.7 Å². The first-order chi connectivity index (χ1) is 14.1. The average molecular weight is 508 g/mol. The van der Waals surface area contributed by atoms with Crippen LogP contribution in [-0.2, 0) is 18.9 Å². The number of halogens is 13. The van der Waals surface area contributed by atoms with Crippen molar-refractivity contribution in [3.8, 4) is 0 Å². The second-order valence-corrected chi connectivity index (χ2v) is 6.89. The third-order valence-electron chi connectivity index (χ3n) is 3.97. The van der Waals surface area contributed by atoms with Gasteiger partial charge in [0, 0.05) is 6.42 Å². The molecular weight excluding hydrogens is 491 g/mol. The van der Waals surface area contributed by atoms with Crippen LogP contribution in [0.4, 0.5) is 57.1 Å². The molecule has 0 N–H and O–H groups in total. The lowest BCUT2D eigenvalue weighted by Gasteiger charge is -2.39. The second-order valence-electron chi connectivity index (χ2n) is 6.89. The van der Waals surface area contributed by atoms with Gasteiger partial charge in [-0.15, -0.1) is 0 Å². The standard InChI is InChI=1S/C15H17F13O4/c1-7(2)31-9-30-6-8(32-9)5-29-4-3-10(16,17)11(18,19)12(20,21)13(22,23)14(24,25)15(26,27)28/h7-9H,3-6H2,1-2H3. The summed E-state index contributed by atoms with van der Waals surface area (Å²) in [6.45, 7) is -0.342. The first kappa shape index (κ1) is 29.0. The maximum Gasteiger partial charge on any atom is 0.460 e. The van der Waals surface area contributed by atoms with E-state index in [1.807, 2.05) is 0 Å². The molecule has 0 aliphatic carbocycles. The monoisotopic (exact) mass is 508 g/mol. The molecule has 0 bridgehead atoms. The van der Waals surface area contributed by atoms with Crippen molar-refractivity contribution >= 4 is 0 Å². The van der Waals surface area contributed by atoms with Crippen molar-refractivity contribution < 1.29 is 76.0 Å². The highest BCUT2D eigenvalue weighted by atomic mass is 19.4. The Labute approximate surface area is 171 Å². The fourth-order valence-corrected chi connectivity index (χ4v) is 2.18. The maximum absolute atomic E-state index is 13.6. The van der Waals surface area contributed by atoms with Crippen LogP contribution in [0.15, 0.2) is 0 Å². The van der Waals surface area contributed by atoms with Gasteiger partial charge in [0.05, 0.1) is 25.9 Å². The molecule has 0 radical (unpaired) electrons. The SMILES string of the molecule is CC(C)OC1OCC(COCCC(F)(F)C(F)(F)C(F)(F)C(F)(F)C(F)(F)C(F)(F)F)O1. The molecule has 1 saturated heterocycles. The van der Waals surface area contributed by atoms with Gasteiger partial charge in [0.25, 0.3) is 6.48 Å². The van der Waals surface area contributed by atoms with E-state index in [0.717, 1.165) is 0 Å². The summed E-state index contributed by atoms with van der Waals surface area (Å²) in [5.41, 5.74) is 0. The Morgan fingerprint density at radius 3 is 1.75 bits per heavy atom. The van der Waals surface area contributed by atoms with Gasteiger partial charge in [-0.05, 0) is 13.8 Å². The van der Waals surface area contributed by atoms with Gasteiger partial charge in [-0.1, -0.05) is 0 Å². The maximum atomic E-state index is 13.6. The molecule has 1 rings (SSSR count). The molecule has 32 heavy (non-hydrogen) atoms. The average Bonchev–Trinajstić information content (AvgIpc) is 3.03. The van der Waals surface area contributed by atoms with Crippen LogP contribution < -0.4 is 0 Å². The molecule has 0 spiro atoms. The molecule has 0 saturated carbocycles. The number of alkyl halides is 13. The molecule has 4 nitrogen and oxygen atoms in total. The lowest BCUT2D eigenvalue weighted by Crippen LogP contribution is -2.70. The minimum Gasteiger partial charge on any atom is -0.378 e. The van der Waals surface area contributed by atoms with Gasteiger partial charge in [-0.3, -0.25) is 0 Å². The summed E-state index contributed by atoms with van der Waals surface area (Å²) in [6, 6.07) is 0. The summed E-state index contributed by atoms with van der Waals surface area (Å²) < 4.78 is 188. The lowest BCUT2D eigenvalue weighted by molar-refractivity contribution is -0.440. The van der Waals surface area contributed by atoms with Crippen molar-refractivity contribution in [1.29, 1.82) is 0 Å². The molecule has 1 fully saturated rings. The van der Waals surface area contributed by atoms with Gasteiger partial charge in [-0.25, -0.2) is 0 Å². The van der Waals surface area contributed by atoms with Crippen molar-refractivity contribution in [2.24, 2.45) is 0 Å². The molecule has 2 atom stereocenters. The molecule has 1 heterocycles. The van der Waals surface area contributed by atoms with E-state index in [2.05, 4.69) is 4.74 Å². The molecule has 1 aliphatic heterocycles. The van der Waals surface area contributed by atoms with Gasteiger partial charge in [-0.2, -0.15) is 57.1 Å². The van der Waals surface area contributed by atoms with Crippen molar-refractivity contribution in [1.82, 2.24) is 0 Å². The molecule has 1 aliphatic rings. The highest BCUT2D eigenvalue weighted by Gasteiger charge is 2.90. The zero-order valence-electron chi connectivity index (χ0n) is 16.1. The molecular formula is C15H17F13O4. The van der Waals surface area contributed by atoms with Gasteiger partial charge < -0.3 is 18.9 Å². The zero-order chi connectivity index (χ0) is 25.4. The topological polar surface area (TPSA) is 36.9 Å². The van der Waals surface area contributed by atoms with Crippen LogP contribution in [0.5, 0.6) is 0 Å². The number of hydrogen-bond donors (Lipinski definition) is 0. The second kappa shape index (κ2) is 9.29. The minimum atomic E-state index is -7.91. The Morgan fingerprint density at radius 2 is 1.28 bits per heavy atom. The summed E-state index contributed by atoms with van der Waals surface area (Å²) >= 11 is 0. The van der Waals surface area contributed by atoms with E-state index in [9.17, 15) is 57.1 Å². The molecule has 0 aromatic carbocycles. The normalized spacial score (nSPS) is 22.1. The predicted molar refractivity (Wildman–Crippen MR) is 77.1 cm³/mol. The molecule has 17 heteroatoms. The van der Waals surface area contributed by atoms with Crippen LogP contribution in [0.1, 0.15) is 20.3 Å². The van der Waals surface area contributed by atoms with Crippen LogP contribution in [0.3, 0.4) is 0 Å². The Morgan fingerprint density at radius 1 is 0.781 bits per heavy atom. The molecule has 0 aromatic rings. The van der Waals surface area contributed by atoms with E-state index in [1.54, 1.807) is 13.8 Å². The van der Waals surface area contributed by atoms with Crippen molar-refractivity contribution in [3.05, 3.63) is 0 Å². The van der Waals surface area contributed by atoms with Gasteiger partial charge in [0.1, 0.15) is 6.10 Å². The van der Waals surface area contributed by atoms with Crippen LogP contribution in [0.25, 0.3) is 0 Å². The van der Waals surface area contributed by atoms with Crippen LogP contribution >= 0.6 is 0 Å². The summed E-state index contributed by atoms with van der Waals surface area (Å²) in [7, 11) is 0. The quantitative estimate of drug-likeness (QED) is 0.282. The summed E-state index contributed by atoms with van der Waals surface area (Å²) in [6.07, 6.45) is -11.2. The fraction of sp³-hybridized carbons (Fsp3) is 1.00. The zero-order valence-corrected chi connectivity index (χ0v) is 16.1. The van der Waals surface area contributed by atoms with E-state index < -0.39 is 68.0 Å². The minimum absolute atomic E-state index is 0.221. The lowest BCUT2D eigenvalue weighted by atomic mass is 9.93. The Kier molecular flexibility index (Phi) is 8.41. The largest absolute Gasteiger partial charge is 0.460 e. The van der Waals surface area contributed by atoms with Crippen LogP contribution in [-0.4, -0.2) is 74.3 Å². The molecule has 0 amide bonds. The van der Waals surface area contributed by atoms with Gasteiger partial charge in [0.2, 0.25) is 0 Å². The Balaban J connectivity index is 2.80. The van der Waals surface area contributed by atoms with Crippen molar-refractivity contribution in [2.75, 3.05) is 19.8 Å². The highest BCUT2D eigenvalue weighted by Crippen LogP contribution is 2.60. The first-order valence-electron chi connectivity index (χ1n) is 8.58. The van der Waals surface area contributed by atoms with E-state index in [1.165, 1.54) is 0 Å². The third-order valence-corrected chi connectivity index (χ3v) is 3.97. The number of rotatable bonds is 11. The molecule has 192 valence electrons. The third kappa shape index (κ3) is 5.35. The predicted octanol–water partition coefficient (Wildman–Crippen LogP) is 5.26.